The molecule has 0 unspecified atom stereocenters. The van der Waals surface area contributed by atoms with Crippen LogP contribution in [0.2, 0.25) is 0 Å². The number of carbonyl (C=O) groups is 2. The molecule has 1 rings (SSSR count). The van der Waals surface area contributed by atoms with E-state index in [9.17, 15) is 9.59 Å². The van der Waals surface area contributed by atoms with Crippen LogP contribution in [-0.2, 0) is 14.3 Å². The van der Waals surface area contributed by atoms with Crippen LogP contribution < -0.4 is 0 Å². The Hall–Kier alpha value is -1.06. The van der Waals surface area contributed by atoms with E-state index in [0.717, 1.165) is 0 Å². The van der Waals surface area contributed by atoms with E-state index < -0.39 is 5.41 Å². The van der Waals surface area contributed by atoms with E-state index in [1.165, 1.54) is 6.92 Å². The summed E-state index contributed by atoms with van der Waals surface area (Å²) in [7, 11) is 0. The lowest BCUT2D eigenvalue weighted by Gasteiger charge is -2.38. The van der Waals surface area contributed by atoms with Gasteiger partial charge in [-0.25, -0.2) is 0 Å². The van der Waals surface area contributed by atoms with Crippen LogP contribution in [0, 0.1) is 5.41 Å². The highest BCUT2D eigenvalue weighted by atomic mass is 16.5. The van der Waals surface area contributed by atoms with Crippen LogP contribution in [-0.4, -0.2) is 36.0 Å². The highest BCUT2D eigenvalue weighted by Gasteiger charge is 2.34. The summed E-state index contributed by atoms with van der Waals surface area (Å²) >= 11 is 0. The topological polar surface area (TPSA) is 46.6 Å². The highest BCUT2D eigenvalue weighted by molar-refractivity contribution is 5.77. The SMILES string of the molecule is CC(=O)N1CC(OC(=O)C(C)(C)C)C1. The van der Waals surface area contributed by atoms with Gasteiger partial charge in [-0.1, -0.05) is 0 Å². The van der Waals surface area contributed by atoms with Crippen LogP contribution >= 0.6 is 0 Å². The molecule has 0 aromatic heterocycles. The molecule has 4 heteroatoms. The number of hydrogen-bond donors (Lipinski definition) is 0. The third-order valence-corrected chi connectivity index (χ3v) is 2.18. The van der Waals surface area contributed by atoms with Gasteiger partial charge in [0.15, 0.2) is 0 Å². The van der Waals surface area contributed by atoms with Crippen molar-refractivity contribution in [2.45, 2.75) is 33.8 Å². The van der Waals surface area contributed by atoms with Crippen molar-refractivity contribution in [2.24, 2.45) is 5.41 Å². The fraction of sp³-hybridized carbons (Fsp3) is 0.800. The number of amides is 1. The van der Waals surface area contributed by atoms with Gasteiger partial charge in [-0.15, -0.1) is 0 Å². The first-order chi connectivity index (χ1) is 6.30. The predicted octanol–water partition coefficient (Wildman–Crippen LogP) is 0.806. The van der Waals surface area contributed by atoms with E-state index in [-0.39, 0.29) is 18.0 Å². The van der Waals surface area contributed by atoms with E-state index in [1.807, 2.05) is 20.8 Å². The van der Waals surface area contributed by atoms with Crippen molar-refractivity contribution < 1.29 is 14.3 Å². The molecular weight excluding hydrogens is 182 g/mol. The summed E-state index contributed by atoms with van der Waals surface area (Å²) in [4.78, 5) is 23.9. The van der Waals surface area contributed by atoms with Crippen LogP contribution in [0.25, 0.3) is 0 Å². The van der Waals surface area contributed by atoms with Crippen molar-refractivity contribution in [2.75, 3.05) is 13.1 Å². The molecule has 0 radical (unpaired) electrons. The second-order valence-electron chi connectivity index (χ2n) is 4.70. The van der Waals surface area contributed by atoms with Gasteiger partial charge < -0.3 is 9.64 Å². The quantitative estimate of drug-likeness (QED) is 0.587. The third-order valence-electron chi connectivity index (χ3n) is 2.18. The maximum atomic E-state index is 11.4. The monoisotopic (exact) mass is 199 g/mol. The summed E-state index contributed by atoms with van der Waals surface area (Å²) < 4.78 is 5.20. The number of ether oxygens (including phenoxy) is 1. The Labute approximate surface area is 84.2 Å². The zero-order chi connectivity index (χ0) is 10.9. The summed E-state index contributed by atoms with van der Waals surface area (Å²) in [5, 5.41) is 0. The molecule has 0 spiro atoms. The summed E-state index contributed by atoms with van der Waals surface area (Å²) in [6, 6.07) is 0. The van der Waals surface area contributed by atoms with Gasteiger partial charge in [-0.2, -0.15) is 0 Å². The number of likely N-dealkylation sites (tertiary alicyclic amines) is 1. The molecule has 4 nitrogen and oxygen atoms in total. The van der Waals surface area contributed by atoms with Crippen molar-refractivity contribution in [3.8, 4) is 0 Å². The molecule has 1 aliphatic heterocycles. The molecule has 0 aromatic carbocycles. The zero-order valence-electron chi connectivity index (χ0n) is 9.16. The largest absolute Gasteiger partial charge is 0.458 e. The number of hydrogen-bond acceptors (Lipinski definition) is 3. The predicted molar refractivity (Wildman–Crippen MR) is 51.6 cm³/mol. The number of esters is 1. The number of carbonyl (C=O) groups excluding carboxylic acids is 2. The minimum Gasteiger partial charge on any atom is -0.458 e. The Morgan fingerprint density at radius 3 is 2.14 bits per heavy atom. The lowest BCUT2D eigenvalue weighted by atomic mass is 9.97. The first-order valence-electron chi connectivity index (χ1n) is 4.77. The first-order valence-corrected chi connectivity index (χ1v) is 4.77. The lowest BCUT2D eigenvalue weighted by Crippen LogP contribution is -2.55. The van der Waals surface area contributed by atoms with Gasteiger partial charge in [-0.3, -0.25) is 9.59 Å². The average Bonchev–Trinajstić information content (AvgIpc) is 1.92. The van der Waals surface area contributed by atoms with E-state index >= 15 is 0 Å². The normalized spacial score (nSPS) is 17.6. The highest BCUT2D eigenvalue weighted by Crippen LogP contribution is 2.19. The molecule has 14 heavy (non-hydrogen) atoms. The molecule has 1 aliphatic rings. The van der Waals surface area contributed by atoms with Gasteiger partial charge in [0.05, 0.1) is 18.5 Å². The molecule has 80 valence electrons. The Bertz CT molecular complexity index is 249. The van der Waals surface area contributed by atoms with Crippen molar-refractivity contribution in [1.82, 2.24) is 4.90 Å². The van der Waals surface area contributed by atoms with Gasteiger partial charge in [0.25, 0.3) is 0 Å². The van der Waals surface area contributed by atoms with E-state index in [4.69, 9.17) is 4.74 Å². The second kappa shape index (κ2) is 3.59. The Balaban J connectivity index is 2.30. The summed E-state index contributed by atoms with van der Waals surface area (Å²) in [5.74, 6) is -0.168. The lowest BCUT2D eigenvalue weighted by molar-refractivity contribution is -0.170. The standard InChI is InChI=1S/C10H17NO3/c1-7(12)11-5-8(6-11)14-9(13)10(2,3)4/h8H,5-6H2,1-4H3. The molecule has 0 N–H and O–H groups in total. The molecule has 1 saturated heterocycles. The van der Waals surface area contributed by atoms with Gasteiger partial charge in [0.1, 0.15) is 6.10 Å². The molecule has 0 bridgehead atoms. The van der Waals surface area contributed by atoms with Crippen LogP contribution in [0.1, 0.15) is 27.7 Å². The molecule has 0 aliphatic carbocycles. The molecule has 1 amide bonds. The maximum Gasteiger partial charge on any atom is 0.311 e. The second-order valence-corrected chi connectivity index (χ2v) is 4.70. The van der Waals surface area contributed by atoms with Crippen LogP contribution in [0.5, 0.6) is 0 Å². The molecule has 0 atom stereocenters. The molecule has 1 heterocycles. The van der Waals surface area contributed by atoms with Crippen LogP contribution in [0.4, 0.5) is 0 Å². The molecule has 0 saturated carbocycles. The fourth-order valence-corrected chi connectivity index (χ4v) is 1.10. The summed E-state index contributed by atoms with van der Waals surface area (Å²) in [5.41, 5.74) is -0.462. The van der Waals surface area contributed by atoms with Gasteiger partial charge >= 0.3 is 5.97 Å². The summed E-state index contributed by atoms with van der Waals surface area (Å²) in [6.45, 7) is 8.04. The van der Waals surface area contributed by atoms with Crippen LogP contribution in [0.3, 0.4) is 0 Å². The van der Waals surface area contributed by atoms with Gasteiger partial charge in [0, 0.05) is 6.92 Å². The van der Waals surface area contributed by atoms with Crippen molar-refractivity contribution in [1.29, 1.82) is 0 Å². The van der Waals surface area contributed by atoms with Crippen LogP contribution in [0.15, 0.2) is 0 Å². The van der Waals surface area contributed by atoms with E-state index in [2.05, 4.69) is 0 Å². The Morgan fingerprint density at radius 2 is 1.79 bits per heavy atom. The minimum absolute atomic E-state index is 0.0352. The van der Waals surface area contributed by atoms with Crippen molar-refractivity contribution in [3.63, 3.8) is 0 Å². The van der Waals surface area contributed by atoms with E-state index in [0.29, 0.717) is 13.1 Å². The van der Waals surface area contributed by atoms with E-state index in [1.54, 1.807) is 4.90 Å². The zero-order valence-corrected chi connectivity index (χ0v) is 9.16. The average molecular weight is 199 g/mol. The Morgan fingerprint density at radius 1 is 1.29 bits per heavy atom. The minimum atomic E-state index is -0.462. The number of nitrogens with zero attached hydrogens (tertiary/aromatic N) is 1. The number of rotatable bonds is 1. The van der Waals surface area contributed by atoms with Gasteiger partial charge in [0.2, 0.25) is 5.91 Å². The third kappa shape index (κ3) is 2.47. The first kappa shape index (κ1) is 11.0. The van der Waals surface area contributed by atoms with Gasteiger partial charge in [-0.05, 0) is 20.8 Å². The molecule has 0 aromatic rings. The summed E-state index contributed by atoms with van der Waals surface area (Å²) in [6.07, 6.45) is -0.106. The smallest absolute Gasteiger partial charge is 0.311 e. The fourth-order valence-electron chi connectivity index (χ4n) is 1.10. The van der Waals surface area contributed by atoms with Crippen molar-refractivity contribution >= 4 is 11.9 Å². The Kier molecular flexibility index (Phi) is 2.83. The molecular formula is C10H17NO3. The molecule has 1 fully saturated rings. The maximum absolute atomic E-state index is 11.4. The van der Waals surface area contributed by atoms with Crippen molar-refractivity contribution in [3.05, 3.63) is 0 Å².